The summed E-state index contributed by atoms with van der Waals surface area (Å²) in [7, 11) is 0. The van der Waals surface area contributed by atoms with Crippen molar-refractivity contribution in [3.05, 3.63) is 88.5 Å². The molecule has 0 radical (unpaired) electrons. The van der Waals surface area contributed by atoms with E-state index >= 15 is 0 Å². The highest BCUT2D eigenvalue weighted by molar-refractivity contribution is 5.91. The molecule has 3 aromatic rings. The van der Waals surface area contributed by atoms with Crippen LogP contribution in [0.25, 0.3) is 11.1 Å². The van der Waals surface area contributed by atoms with Crippen molar-refractivity contribution in [1.82, 2.24) is 0 Å². The van der Waals surface area contributed by atoms with Crippen LogP contribution in [0.5, 0.6) is 5.75 Å². The fourth-order valence-corrected chi connectivity index (χ4v) is 5.63. The summed E-state index contributed by atoms with van der Waals surface area (Å²) in [5.41, 5.74) is 1.22. The van der Waals surface area contributed by atoms with Crippen LogP contribution in [0.2, 0.25) is 0 Å². The zero-order valence-electron chi connectivity index (χ0n) is 22.7. The van der Waals surface area contributed by atoms with Crippen molar-refractivity contribution >= 4 is 5.97 Å². The molecule has 1 fully saturated rings. The van der Waals surface area contributed by atoms with E-state index in [1.807, 2.05) is 6.92 Å². The Labute approximate surface area is 228 Å². The van der Waals surface area contributed by atoms with Gasteiger partial charge in [0.2, 0.25) is 5.82 Å². The first kappa shape index (κ1) is 28.8. The summed E-state index contributed by atoms with van der Waals surface area (Å²) >= 11 is 0. The van der Waals surface area contributed by atoms with Gasteiger partial charge < -0.3 is 4.74 Å². The summed E-state index contributed by atoms with van der Waals surface area (Å²) < 4.78 is 64.3. The minimum Gasteiger partial charge on any atom is -0.420 e. The first-order valence-corrected chi connectivity index (χ1v) is 14.1. The van der Waals surface area contributed by atoms with E-state index < -0.39 is 35.0 Å². The third kappa shape index (κ3) is 6.71. The molecule has 0 bridgehead atoms. The zero-order valence-corrected chi connectivity index (χ0v) is 22.7. The second-order valence-electron chi connectivity index (χ2n) is 10.6. The summed E-state index contributed by atoms with van der Waals surface area (Å²) in [6.07, 6.45) is 9.13. The van der Waals surface area contributed by atoms with Crippen LogP contribution < -0.4 is 4.74 Å². The Bertz CT molecular complexity index is 1280. The van der Waals surface area contributed by atoms with Crippen LogP contribution in [-0.4, -0.2) is 5.97 Å². The molecule has 0 aliphatic heterocycles. The van der Waals surface area contributed by atoms with Crippen LogP contribution in [0.4, 0.5) is 17.6 Å². The topological polar surface area (TPSA) is 26.3 Å². The Balaban J connectivity index is 1.43. The highest BCUT2D eigenvalue weighted by Gasteiger charge is 2.27. The monoisotopic (exact) mass is 540 g/mol. The molecule has 208 valence electrons. The largest absolute Gasteiger partial charge is 0.420 e. The highest BCUT2D eigenvalue weighted by Crippen LogP contribution is 2.40. The third-order valence-electron chi connectivity index (χ3n) is 7.91. The molecule has 1 aliphatic rings. The van der Waals surface area contributed by atoms with Crippen molar-refractivity contribution in [3.8, 4) is 16.9 Å². The van der Waals surface area contributed by atoms with Gasteiger partial charge in [-0.05, 0) is 85.3 Å². The Morgan fingerprint density at radius 2 is 1.49 bits per heavy atom. The molecular weight excluding hydrogens is 504 g/mol. The minimum absolute atomic E-state index is 0.0412. The molecule has 0 atom stereocenters. The van der Waals surface area contributed by atoms with Gasteiger partial charge in [-0.1, -0.05) is 69.9 Å². The second-order valence-corrected chi connectivity index (χ2v) is 10.6. The summed E-state index contributed by atoms with van der Waals surface area (Å²) in [5, 5.41) is 0. The highest BCUT2D eigenvalue weighted by atomic mass is 19.2. The van der Waals surface area contributed by atoms with Gasteiger partial charge in [0.05, 0.1) is 5.56 Å². The lowest BCUT2D eigenvalue weighted by atomic mass is 9.77. The molecular formula is C33H36F4O2. The van der Waals surface area contributed by atoms with Gasteiger partial charge in [-0.2, -0.15) is 4.39 Å². The van der Waals surface area contributed by atoms with Gasteiger partial charge in [-0.15, -0.1) is 0 Å². The van der Waals surface area contributed by atoms with E-state index in [9.17, 15) is 22.4 Å². The Morgan fingerprint density at radius 1 is 0.769 bits per heavy atom. The molecule has 0 unspecified atom stereocenters. The van der Waals surface area contributed by atoms with E-state index in [0.29, 0.717) is 29.0 Å². The Kier molecular flexibility index (Phi) is 9.82. The smallest absolute Gasteiger partial charge is 0.343 e. The lowest BCUT2D eigenvalue weighted by Crippen LogP contribution is -2.15. The normalized spacial score (nSPS) is 17.3. The lowest BCUT2D eigenvalue weighted by Gasteiger charge is -2.29. The number of hydrogen-bond donors (Lipinski definition) is 0. The fraction of sp³-hybridized carbons (Fsp3) is 0.424. The third-order valence-corrected chi connectivity index (χ3v) is 7.91. The summed E-state index contributed by atoms with van der Waals surface area (Å²) in [6, 6.07) is 11.7. The van der Waals surface area contributed by atoms with Crippen molar-refractivity contribution in [3.63, 3.8) is 0 Å². The molecule has 6 heteroatoms. The van der Waals surface area contributed by atoms with Crippen LogP contribution in [0.3, 0.4) is 0 Å². The number of aryl methyl sites for hydroxylation is 1. The van der Waals surface area contributed by atoms with E-state index in [4.69, 9.17) is 4.74 Å². The number of unbranched alkanes of at least 4 members (excludes halogenated alkanes) is 2. The van der Waals surface area contributed by atoms with Gasteiger partial charge in [0.1, 0.15) is 0 Å². The van der Waals surface area contributed by atoms with Crippen LogP contribution in [0.15, 0.2) is 48.5 Å². The molecule has 0 N–H and O–H groups in total. The lowest BCUT2D eigenvalue weighted by molar-refractivity contribution is 0.0726. The molecule has 0 saturated heterocycles. The maximum atomic E-state index is 14.9. The molecule has 0 aromatic heterocycles. The molecule has 4 rings (SSSR count). The Hall–Kier alpha value is -3.15. The standard InChI is InChI=1S/C33H36F4O2/c1-3-5-6-8-24-17-18-26(30(35)29(24)34)23-13-15-25(16-14-23)33(38)39-28-20-19-27(31(36)32(28)37)22-11-9-21(7-4-2)10-12-22/h13-22H,3-12H2,1-2H3. The maximum Gasteiger partial charge on any atom is 0.343 e. The number of rotatable bonds is 10. The van der Waals surface area contributed by atoms with E-state index in [1.165, 1.54) is 42.5 Å². The number of carbonyl (C=O) groups is 1. The molecule has 1 aliphatic carbocycles. The van der Waals surface area contributed by atoms with Gasteiger partial charge >= 0.3 is 5.97 Å². The number of hydrogen-bond acceptors (Lipinski definition) is 2. The van der Waals surface area contributed by atoms with Crippen molar-refractivity contribution < 1.29 is 27.1 Å². The summed E-state index contributed by atoms with van der Waals surface area (Å²) in [4.78, 5) is 12.7. The number of halogens is 4. The van der Waals surface area contributed by atoms with Crippen molar-refractivity contribution in [2.45, 2.75) is 84.0 Å². The fourth-order valence-electron chi connectivity index (χ4n) is 5.63. The Morgan fingerprint density at radius 3 is 2.15 bits per heavy atom. The van der Waals surface area contributed by atoms with Gasteiger partial charge in [-0.3, -0.25) is 0 Å². The number of ether oxygens (including phenoxy) is 1. The number of esters is 1. The first-order chi connectivity index (χ1) is 18.8. The SMILES string of the molecule is CCCCCc1ccc(-c2ccc(C(=O)Oc3ccc(C4CCC(CCC)CC4)c(F)c3F)cc2)c(F)c1F. The van der Waals surface area contributed by atoms with Crippen molar-refractivity contribution in [2.24, 2.45) is 5.92 Å². The van der Waals surface area contributed by atoms with Crippen LogP contribution >= 0.6 is 0 Å². The van der Waals surface area contributed by atoms with E-state index in [1.54, 1.807) is 6.07 Å². The predicted molar refractivity (Wildman–Crippen MR) is 146 cm³/mol. The number of carbonyl (C=O) groups excluding carboxylic acids is 1. The summed E-state index contributed by atoms with van der Waals surface area (Å²) in [5.74, 6) is -4.67. The number of benzene rings is 3. The average molecular weight is 541 g/mol. The van der Waals surface area contributed by atoms with Crippen LogP contribution in [0, 0.1) is 29.2 Å². The molecule has 3 aromatic carbocycles. The predicted octanol–water partition coefficient (Wildman–Crippen LogP) is 9.94. The second kappa shape index (κ2) is 13.3. The van der Waals surface area contributed by atoms with E-state index in [2.05, 4.69) is 6.92 Å². The molecule has 1 saturated carbocycles. The molecule has 2 nitrogen and oxygen atoms in total. The van der Waals surface area contributed by atoms with Gasteiger partial charge in [0.25, 0.3) is 0 Å². The van der Waals surface area contributed by atoms with Crippen molar-refractivity contribution in [1.29, 1.82) is 0 Å². The van der Waals surface area contributed by atoms with Gasteiger partial charge in [0.15, 0.2) is 23.2 Å². The van der Waals surface area contributed by atoms with E-state index in [0.717, 1.165) is 57.8 Å². The molecule has 0 heterocycles. The molecule has 39 heavy (non-hydrogen) atoms. The quantitative estimate of drug-likeness (QED) is 0.111. The first-order valence-electron chi connectivity index (χ1n) is 14.1. The summed E-state index contributed by atoms with van der Waals surface area (Å²) in [6.45, 7) is 4.20. The van der Waals surface area contributed by atoms with Crippen molar-refractivity contribution in [2.75, 3.05) is 0 Å². The zero-order chi connectivity index (χ0) is 27.9. The average Bonchev–Trinajstić information content (AvgIpc) is 2.95. The van der Waals surface area contributed by atoms with Crippen LogP contribution in [-0.2, 0) is 6.42 Å². The minimum atomic E-state index is -1.18. The molecule has 0 amide bonds. The maximum absolute atomic E-state index is 14.9. The molecule has 0 spiro atoms. The van der Waals surface area contributed by atoms with Gasteiger partial charge in [-0.25, -0.2) is 18.0 Å². The van der Waals surface area contributed by atoms with Gasteiger partial charge in [0, 0.05) is 5.56 Å². The van der Waals surface area contributed by atoms with E-state index in [-0.39, 0.29) is 17.0 Å². The van der Waals surface area contributed by atoms with Crippen LogP contribution in [0.1, 0.15) is 99.0 Å².